The highest BCUT2D eigenvalue weighted by Gasteiger charge is 2.23. The molecule has 0 aliphatic rings. The number of pyridine rings is 1. The third-order valence-electron chi connectivity index (χ3n) is 7.09. The first kappa shape index (κ1) is 20.5. The molecule has 0 unspecified atom stereocenters. The van der Waals surface area contributed by atoms with E-state index in [9.17, 15) is 0 Å². The van der Waals surface area contributed by atoms with Gasteiger partial charge in [-0.1, -0.05) is 78.9 Å². The summed E-state index contributed by atoms with van der Waals surface area (Å²) < 4.78 is 9.22. The van der Waals surface area contributed by atoms with Gasteiger partial charge in [0.15, 0.2) is 5.76 Å². The Morgan fingerprint density at radius 2 is 1.43 bits per heavy atom. The number of benzene rings is 4. The van der Waals surface area contributed by atoms with Crippen molar-refractivity contribution in [1.82, 2.24) is 9.61 Å². The van der Waals surface area contributed by atoms with Crippen molar-refractivity contribution in [3.05, 3.63) is 122 Å². The van der Waals surface area contributed by atoms with Crippen LogP contribution in [0.5, 0.6) is 0 Å². The fourth-order valence-electron chi connectivity index (χ4n) is 5.38. The zero-order chi connectivity index (χ0) is 24.3. The molecule has 0 aliphatic heterocycles. The summed E-state index contributed by atoms with van der Waals surface area (Å²) >= 11 is 1.79. The van der Waals surface area contributed by atoms with Crippen molar-refractivity contribution in [2.75, 3.05) is 0 Å². The maximum atomic E-state index is 5.88. The molecule has 8 rings (SSSR count). The van der Waals surface area contributed by atoms with Gasteiger partial charge in [0.2, 0.25) is 0 Å². The number of hydrogen-bond donors (Lipinski definition) is 0. The molecule has 4 aromatic carbocycles. The van der Waals surface area contributed by atoms with Crippen LogP contribution in [0.1, 0.15) is 0 Å². The molecule has 0 saturated carbocycles. The average Bonchev–Trinajstić information content (AvgIpc) is 3.71. The van der Waals surface area contributed by atoms with Crippen LogP contribution in [0.25, 0.3) is 70.3 Å². The van der Waals surface area contributed by atoms with Crippen molar-refractivity contribution in [3.8, 4) is 33.2 Å². The van der Waals surface area contributed by atoms with Crippen LogP contribution in [0, 0.1) is 0 Å². The van der Waals surface area contributed by atoms with E-state index in [2.05, 4.69) is 108 Å². The Balaban J connectivity index is 1.55. The van der Waals surface area contributed by atoms with Crippen LogP contribution in [0.15, 0.2) is 126 Å². The molecule has 0 spiro atoms. The zero-order valence-electron chi connectivity index (χ0n) is 19.8. The van der Waals surface area contributed by atoms with E-state index < -0.39 is 0 Å². The monoisotopic (exact) mass is 492 g/mol. The van der Waals surface area contributed by atoms with E-state index in [0.29, 0.717) is 0 Å². The van der Waals surface area contributed by atoms with Gasteiger partial charge in [0.1, 0.15) is 11.4 Å². The molecule has 0 amide bonds. The van der Waals surface area contributed by atoms with E-state index in [1.807, 2.05) is 12.1 Å². The summed E-state index contributed by atoms with van der Waals surface area (Å²) in [5.41, 5.74) is 5.31. The Morgan fingerprint density at radius 3 is 2.27 bits per heavy atom. The molecular weight excluding hydrogens is 472 g/mol. The predicted octanol–water partition coefficient (Wildman–Crippen LogP) is 9.45. The van der Waals surface area contributed by atoms with Crippen molar-refractivity contribution < 1.29 is 4.42 Å². The number of furan rings is 1. The maximum Gasteiger partial charge on any atom is 0.152 e. The number of fused-ring (bicyclic) bond motifs is 5. The Kier molecular flexibility index (Phi) is 4.39. The quantitative estimate of drug-likeness (QED) is 0.246. The predicted molar refractivity (Wildman–Crippen MR) is 154 cm³/mol. The lowest BCUT2D eigenvalue weighted by atomic mass is 9.97. The lowest BCUT2D eigenvalue weighted by Crippen LogP contribution is -1.94. The smallest absolute Gasteiger partial charge is 0.152 e. The molecule has 0 N–H and O–H groups in total. The second kappa shape index (κ2) is 7.92. The van der Waals surface area contributed by atoms with Crippen molar-refractivity contribution in [2.45, 2.75) is 0 Å². The van der Waals surface area contributed by atoms with Crippen molar-refractivity contribution in [2.24, 2.45) is 0 Å². The van der Waals surface area contributed by atoms with Gasteiger partial charge in [0.05, 0.1) is 16.7 Å². The topological polar surface area (TPSA) is 30.4 Å². The number of rotatable bonds is 3. The molecule has 0 radical (unpaired) electrons. The molecule has 8 aromatic rings. The first-order chi connectivity index (χ1) is 18.3. The van der Waals surface area contributed by atoms with Gasteiger partial charge >= 0.3 is 0 Å². The number of hydrogen-bond acceptors (Lipinski definition) is 3. The van der Waals surface area contributed by atoms with E-state index in [-0.39, 0.29) is 0 Å². The maximum absolute atomic E-state index is 5.88. The minimum absolute atomic E-state index is 0.797. The Labute approximate surface area is 216 Å². The van der Waals surface area contributed by atoms with Crippen molar-refractivity contribution >= 4 is 48.5 Å². The van der Waals surface area contributed by atoms with Crippen LogP contribution in [0.4, 0.5) is 0 Å². The molecule has 0 aliphatic carbocycles. The van der Waals surface area contributed by atoms with E-state index in [4.69, 9.17) is 9.52 Å². The highest BCUT2D eigenvalue weighted by molar-refractivity contribution is 7.22. The second-order valence-corrected chi connectivity index (χ2v) is 10.4. The highest BCUT2D eigenvalue weighted by Crippen LogP contribution is 2.44. The normalized spacial score (nSPS) is 11.8. The first-order valence-electron chi connectivity index (χ1n) is 12.3. The second-order valence-electron chi connectivity index (χ2n) is 9.29. The summed E-state index contributed by atoms with van der Waals surface area (Å²) in [4.78, 5) is 1.16. The van der Waals surface area contributed by atoms with Gasteiger partial charge in [-0.3, -0.25) is 0 Å². The van der Waals surface area contributed by atoms with Crippen molar-refractivity contribution in [3.63, 3.8) is 0 Å². The molecule has 0 bridgehead atoms. The van der Waals surface area contributed by atoms with Crippen LogP contribution < -0.4 is 0 Å². The van der Waals surface area contributed by atoms with Gasteiger partial charge in [-0.15, -0.1) is 11.3 Å². The van der Waals surface area contributed by atoms with Crippen LogP contribution in [0.2, 0.25) is 0 Å². The Hall–Kier alpha value is -4.67. The average molecular weight is 493 g/mol. The lowest BCUT2D eigenvalue weighted by Gasteiger charge is -2.09. The summed E-state index contributed by atoms with van der Waals surface area (Å²) in [6.45, 7) is 0. The zero-order valence-corrected chi connectivity index (χ0v) is 20.6. The molecule has 0 atom stereocenters. The lowest BCUT2D eigenvalue weighted by molar-refractivity contribution is 0.578. The van der Waals surface area contributed by atoms with Gasteiger partial charge in [-0.2, -0.15) is 5.10 Å². The fourth-order valence-corrected chi connectivity index (χ4v) is 6.43. The van der Waals surface area contributed by atoms with E-state index in [1.54, 1.807) is 17.6 Å². The Morgan fingerprint density at radius 1 is 0.649 bits per heavy atom. The molecule has 4 aromatic heterocycles. The van der Waals surface area contributed by atoms with E-state index in [0.717, 1.165) is 44.1 Å². The molecular formula is C33H20N2OS. The van der Waals surface area contributed by atoms with E-state index >= 15 is 0 Å². The summed E-state index contributed by atoms with van der Waals surface area (Å²) in [5.74, 6) is 0.797. The van der Waals surface area contributed by atoms with Gasteiger partial charge in [-0.05, 0) is 63.5 Å². The van der Waals surface area contributed by atoms with Crippen LogP contribution in [0.3, 0.4) is 0 Å². The number of aromatic nitrogens is 2. The first-order valence-corrected chi connectivity index (χ1v) is 13.1. The summed E-state index contributed by atoms with van der Waals surface area (Å²) in [6.07, 6.45) is 1.72. The van der Waals surface area contributed by atoms with Gasteiger partial charge in [0.25, 0.3) is 0 Å². The van der Waals surface area contributed by atoms with Crippen LogP contribution in [-0.2, 0) is 0 Å². The van der Waals surface area contributed by atoms with Crippen LogP contribution in [-0.4, -0.2) is 9.61 Å². The molecule has 4 heteroatoms. The van der Waals surface area contributed by atoms with Gasteiger partial charge < -0.3 is 4.42 Å². The SMILES string of the molecule is c1coc(-c2cc3ccccc3c3c(-c4ccc5ccccc5c4)c(-c4cc5ccccc5s4)nn23)c1. The minimum atomic E-state index is 0.797. The third kappa shape index (κ3) is 3.16. The van der Waals surface area contributed by atoms with Gasteiger partial charge in [0, 0.05) is 15.6 Å². The minimum Gasteiger partial charge on any atom is -0.463 e. The molecule has 3 nitrogen and oxygen atoms in total. The Bertz CT molecular complexity index is 2060. The largest absolute Gasteiger partial charge is 0.463 e. The van der Waals surface area contributed by atoms with Crippen molar-refractivity contribution in [1.29, 1.82) is 0 Å². The molecule has 174 valence electrons. The highest BCUT2D eigenvalue weighted by atomic mass is 32.1. The number of nitrogens with zero attached hydrogens (tertiary/aromatic N) is 2. The van der Waals surface area contributed by atoms with Crippen LogP contribution >= 0.6 is 11.3 Å². The summed E-state index contributed by atoms with van der Waals surface area (Å²) in [6, 6.07) is 40.7. The van der Waals surface area contributed by atoms with Gasteiger partial charge in [-0.25, -0.2) is 4.52 Å². The standard InChI is InChI=1S/C33H20N2OS/c1-2-9-22-18-25(16-15-21(22)8-1)31-32(30-20-24-11-4-6-14-29(24)37-30)34-35-27(28-13-7-17-36-28)19-23-10-3-5-12-26(23)33(31)35/h1-20H. The molecule has 0 fully saturated rings. The molecule has 4 heterocycles. The fraction of sp³-hybridized carbons (Fsp3) is 0. The summed E-state index contributed by atoms with van der Waals surface area (Å²) in [5, 5.41) is 11.3. The number of thiophene rings is 1. The summed E-state index contributed by atoms with van der Waals surface area (Å²) in [7, 11) is 0. The third-order valence-corrected chi connectivity index (χ3v) is 8.22. The molecule has 0 saturated heterocycles. The molecule has 37 heavy (non-hydrogen) atoms. The van der Waals surface area contributed by atoms with E-state index in [1.165, 1.54) is 26.2 Å².